The number of carbonyl (C=O) groups excluding carboxylic acids is 1. The summed E-state index contributed by atoms with van der Waals surface area (Å²) in [6.45, 7) is 0. The monoisotopic (exact) mass is 276 g/mol. The fourth-order valence-electron chi connectivity index (χ4n) is 1.44. The molecule has 0 bridgehead atoms. The number of carbonyl (C=O) groups is 1. The van der Waals surface area contributed by atoms with Crippen molar-refractivity contribution in [1.82, 2.24) is 10.1 Å². The first-order valence-electron chi connectivity index (χ1n) is 4.35. The summed E-state index contributed by atoms with van der Waals surface area (Å²) in [5.41, 5.74) is 1.17. The number of nitrogens with one attached hydrogen (secondary N) is 2. The van der Waals surface area contributed by atoms with E-state index in [1.807, 2.05) is 17.2 Å². The van der Waals surface area contributed by atoms with Crippen molar-refractivity contribution in [2.75, 3.05) is 0 Å². The van der Waals surface area contributed by atoms with Gasteiger partial charge in [-0.2, -0.15) is 0 Å². The second-order valence-electron chi connectivity index (χ2n) is 3.15. The smallest absolute Gasteiger partial charge is 0.345 e. The molecule has 1 heterocycles. The van der Waals surface area contributed by atoms with E-state index < -0.39 is 11.9 Å². The van der Waals surface area contributed by atoms with Crippen molar-refractivity contribution >= 4 is 45.3 Å². The molecule has 0 fully saturated rings. The van der Waals surface area contributed by atoms with Crippen LogP contribution in [0.5, 0.6) is 0 Å². The molecule has 2 N–H and O–H groups in total. The van der Waals surface area contributed by atoms with Gasteiger partial charge in [0.2, 0.25) is 0 Å². The number of para-hydroxylation sites is 1. The third-order valence-corrected chi connectivity index (χ3v) is 3.04. The van der Waals surface area contributed by atoms with E-state index in [9.17, 15) is 9.36 Å². The van der Waals surface area contributed by atoms with Gasteiger partial charge in [0.15, 0.2) is 0 Å². The first kappa shape index (κ1) is 11.5. The van der Waals surface area contributed by atoms with Crippen LogP contribution < -0.4 is 5.09 Å². The fourth-order valence-corrected chi connectivity index (χ4v) is 2.26. The molecular weight excluding hydrogens is 270 g/mol. The van der Waals surface area contributed by atoms with Crippen molar-refractivity contribution in [1.29, 1.82) is 0 Å². The minimum Gasteiger partial charge on any atom is -0.360 e. The molecule has 0 spiro atoms. The second kappa shape index (κ2) is 4.13. The second-order valence-corrected chi connectivity index (χ2v) is 7.67. The molecule has 7 heteroatoms. The molecule has 84 valence electrons. The van der Waals surface area contributed by atoms with E-state index in [0.717, 1.165) is 10.9 Å². The number of H-pyrrole nitrogens is 1. The zero-order valence-electron chi connectivity index (χ0n) is 7.91. The maximum Gasteiger partial charge on any atom is 0.345 e. The zero-order chi connectivity index (χ0) is 11.8. The number of fused-ring (bicyclic) bond motifs is 1. The van der Waals surface area contributed by atoms with Gasteiger partial charge < -0.3 is 4.98 Å². The van der Waals surface area contributed by atoms with Crippen LogP contribution in [0.1, 0.15) is 10.4 Å². The van der Waals surface area contributed by atoms with Crippen molar-refractivity contribution in [3.8, 4) is 0 Å². The molecule has 0 saturated carbocycles. The van der Waals surface area contributed by atoms with E-state index in [2.05, 4.69) is 4.98 Å². The number of hydrogen-bond donors (Lipinski definition) is 2. The Labute approximate surface area is 101 Å². The first-order valence-corrected chi connectivity index (χ1v) is 7.87. The van der Waals surface area contributed by atoms with Gasteiger partial charge in [0.1, 0.15) is 0 Å². The highest BCUT2D eigenvalue weighted by Crippen LogP contribution is 2.52. The highest BCUT2D eigenvalue weighted by Gasteiger charge is 2.20. The maximum absolute atomic E-state index is 11.7. The van der Waals surface area contributed by atoms with Gasteiger partial charge in [0.25, 0.3) is 5.91 Å². The molecular formula is C9H7Cl2N2O2P. The lowest BCUT2D eigenvalue weighted by atomic mass is 10.2. The molecule has 0 unspecified atom stereocenters. The van der Waals surface area contributed by atoms with E-state index in [4.69, 9.17) is 22.5 Å². The molecule has 0 saturated heterocycles. The highest BCUT2D eigenvalue weighted by molar-refractivity contribution is 8.07. The van der Waals surface area contributed by atoms with Gasteiger partial charge in [-0.15, -0.1) is 0 Å². The van der Waals surface area contributed by atoms with Crippen LogP contribution in [0.4, 0.5) is 0 Å². The van der Waals surface area contributed by atoms with E-state index in [-0.39, 0.29) is 0 Å². The predicted molar refractivity (Wildman–Crippen MR) is 65.1 cm³/mol. The number of hydrogen-bond acceptors (Lipinski definition) is 2. The molecule has 0 aliphatic heterocycles. The number of aromatic amines is 1. The van der Waals surface area contributed by atoms with Crippen LogP contribution in [0.25, 0.3) is 10.9 Å². The summed E-state index contributed by atoms with van der Waals surface area (Å²) in [6, 6.07) is 7.24. The summed E-state index contributed by atoms with van der Waals surface area (Å²) in [5, 5.41) is 2.77. The lowest BCUT2D eigenvalue weighted by Gasteiger charge is -2.03. The Balaban J connectivity index is 2.41. The summed E-state index contributed by atoms with van der Waals surface area (Å²) in [6.07, 6.45) is 1.52. The van der Waals surface area contributed by atoms with Crippen molar-refractivity contribution in [3.63, 3.8) is 0 Å². The normalized spacial score (nSPS) is 11.6. The summed E-state index contributed by atoms with van der Waals surface area (Å²) in [7, 11) is 0. The van der Waals surface area contributed by atoms with Crippen molar-refractivity contribution in [2.45, 2.75) is 0 Å². The summed E-state index contributed by atoms with van der Waals surface area (Å²) in [4.78, 5) is 14.6. The Kier molecular flexibility index (Phi) is 2.98. The van der Waals surface area contributed by atoms with Crippen LogP contribution in [0.2, 0.25) is 0 Å². The average Bonchev–Trinajstić information content (AvgIpc) is 2.58. The Morgan fingerprint density at radius 1 is 1.31 bits per heavy atom. The van der Waals surface area contributed by atoms with E-state index in [0.29, 0.717) is 5.56 Å². The van der Waals surface area contributed by atoms with E-state index >= 15 is 0 Å². The van der Waals surface area contributed by atoms with Gasteiger partial charge in [0, 0.05) is 17.1 Å². The van der Waals surface area contributed by atoms with Gasteiger partial charge in [-0.05, 0) is 28.5 Å². The third-order valence-electron chi connectivity index (χ3n) is 2.07. The molecule has 0 aliphatic rings. The molecule has 1 aromatic heterocycles. The Bertz CT molecular complexity index is 590. The lowest BCUT2D eigenvalue weighted by molar-refractivity contribution is 0.0983. The van der Waals surface area contributed by atoms with Crippen LogP contribution in [-0.4, -0.2) is 10.9 Å². The molecule has 4 nitrogen and oxygen atoms in total. The third kappa shape index (κ3) is 2.40. The van der Waals surface area contributed by atoms with E-state index in [1.165, 1.54) is 6.20 Å². The van der Waals surface area contributed by atoms with Gasteiger partial charge in [0.05, 0.1) is 5.56 Å². The SMILES string of the molecule is O=C(NP(=O)(Cl)Cl)c1c[nH]c2ccccc12. The van der Waals surface area contributed by atoms with Crippen molar-refractivity contribution in [3.05, 3.63) is 36.0 Å². The van der Waals surface area contributed by atoms with Gasteiger partial charge in [-0.3, -0.25) is 14.4 Å². The zero-order valence-corrected chi connectivity index (χ0v) is 10.3. The fraction of sp³-hybridized carbons (Fsp3) is 0. The van der Waals surface area contributed by atoms with Gasteiger partial charge in [-0.1, -0.05) is 18.2 Å². The maximum atomic E-state index is 11.7. The molecule has 0 atom stereocenters. The molecule has 1 amide bonds. The van der Waals surface area contributed by atoms with Crippen LogP contribution in [-0.2, 0) is 4.57 Å². The molecule has 2 rings (SSSR count). The number of rotatable bonds is 2. The van der Waals surface area contributed by atoms with Crippen LogP contribution in [0, 0.1) is 0 Å². The Morgan fingerprint density at radius 3 is 2.69 bits per heavy atom. The van der Waals surface area contributed by atoms with E-state index in [1.54, 1.807) is 12.1 Å². The van der Waals surface area contributed by atoms with Gasteiger partial charge >= 0.3 is 6.00 Å². The van der Waals surface area contributed by atoms with Crippen LogP contribution in [0.15, 0.2) is 30.5 Å². The minimum absolute atomic E-state index is 0.358. The summed E-state index contributed by atoms with van der Waals surface area (Å²) >= 11 is 10.5. The van der Waals surface area contributed by atoms with Crippen molar-refractivity contribution in [2.24, 2.45) is 0 Å². The largest absolute Gasteiger partial charge is 0.360 e. The predicted octanol–water partition coefficient (Wildman–Crippen LogP) is 3.48. The topological polar surface area (TPSA) is 62.0 Å². The molecule has 1 aromatic carbocycles. The number of amides is 1. The number of benzene rings is 1. The summed E-state index contributed by atoms with van der Waals surface area (Å²) < 4.78 is 11.0. The van der Waals surface area contributed by atoms with Crippen molar-refractivity contribution < 1.29 is 9.36 Å². The number of halogens is 2. The highest BCUT2D eigenvalue weighted by atomic mass is 35.9. The number of aromatic nitrogens is 1. The molecule has 0 radical (unpaired) electrons. The average molecular weight is 277 g/mol. The standard InChI is InChI=1S/C9H7Cl2N2O2P/c10-16(11,15)13-9(14)7-5-12-8-4-2-1-3-6(7)8/h1-5,12H,(H,13,14,15). The molecule has 0 aliphatic carbocycles. The quantitative estimate of drug-likeness (QED) is 0.825. The first-order chi connectivity index (χ1) is 7.47. The van der Waals surface area contributed by atoms with Crippen LogP contribution in [0.3, 0.4) is 0 Å². The minimum atomic E-state index is -3.61. The van der Waals surface area contributed by atoms with Gasteiger partial charge in [-0.25, -0.2) is 0 Å². The Hall–Kier alpha value is -0.960. The molecule has 2 aromatic rings. The van der Waals surface area contributed by atoms with Crippen LogP contribution >= 0.6 is 28.5 Å². The lowest BCUT2D eigenvalue weighted by Crippen LogP contribution is -2.16. The summed E-state index contributed by atoms with van der Waals surface area (Å²) in [5.74, 6) is -4.17. The Morgan fingerprint density at radius 2 is 2.00 bits per heavy atom. The molecule has 16 heavy (non-hydrogen) atoms.